The van der Waals surface area contributed by atoms with Crippen LogP contribution in [-0.2, 0) is 12.7 Å². The first kappa shape index (κ1) is 11.4. The van der Waals surface area contributed by atoms with Gasteiger partial charge in [0, 0.05) is 12.7 Å². The minimum absolute atomic E-state index is 0.208. The summed E-state index contributed by atoms with van der Waals surface area (Å²) < 4.78 is 37.7. The Labute approximate surface area is 85.5 Å². The van der Waals surface area contributed by atoms with E-state index in [2.05, 4.69) is 17.7 Å². The highest BCUT2D eigenvalue weighted by Crippen LogP contribution is 2.27. The molecule has 1 heterocycles. The van der Waals surface area contributed by atoms with Crippen LogP contribution in [0.1, 0.15) is 12.6 Å². The SMILES string of the molecule is CC(CS)Cn1ccc(C(F)(F)F)n1. The highest BCUT2D eigenvalue weighted by Gasteiger charge is 2.33. The molecule has 1 aromatic heterocycles. The third-order valence-corrected chi connectivity index (χ3v) is 2.36. The smallest absolute Gasteiger partial charge is 0.272 e. The molecule has 0 saturated carbocycles. The molecule has 0 saturated heterocycles. The van der Waals surface area contributed by atoms with Gasteiger partial charge in [-0.3, -0.25) is 4.68 Å². The van der Waals surface area contributed by atoms with Crippen molar-refractivity contribution in [3.8, 4) is 0 Å². The number of nitrogens with zero attached hydrogens (tertiary/aromatic N) is 2. The minimum atomic E-state index is -4.35. The number of rotatable bonds is 3. The van der Waals surface area contributed by atoms with Gasteiger partial charge in [-0.05, 0) is 17.7 Å². The lowest BCUT2D eigenvalue weighted by Gasteiger charge is -2.07. The summed E-state index contributed by atoms with van der Waals surface area (Å²) in [4.78, 5) is 0. The Morgan fingerprint density at radius 2 is 2.21 bits per heavy atom. The fraction of sp³-hybridized carbons (Fsp3) is 0.625. The summed E-state index contributed by atoms with van der Waals surface area (Å²) in [5.41, 5.74) is -0.844. The lowest BCUT2D eigenvalue weighted by molar-refractivity contribution is -0.141. The van der Waals surface area contributed by atoms with Gasteiger partial charge in [-0.15, -0.1) is 0 Å². The van der Waals surface area contributed by atoms with Crippen molar-refractivity contribution in [2.24, 2.45) is 5.92 Å². The Morgan fingerprint density at radius 3 is 2.64 bits per heavy atom. The normalized spacial score (nSPS) is 14.4. The van der Waals surface area contributed by atoms with Crippen molar-refractivity contribution in [1.82, 2.24) is 9.78 Å². The van der Waals surface area contributed by atoms with Crippen LogP contribution in [-0.4, -0.2) is 15.5 Å². The van der Waals surface area contributed by atoms with E-state index in [1.807, 2.05) is 6.92 Å². The van der Waals surface area contributed by atoms with Crippen LogP contribution in [0.2, 0.25) is 0 Å². The highest BCUT2D eigenvalue weighted by molar-refractivity contribution is 7.80. The van der Waals surface area contributed by atoms with Gasteiger partial charge in [-0.25, -0.2) is 0 Å². The second-order valence-corrected chi connectivity index (χ2v) is 3.57. The molecular formula is C8H11F3N2S. The molecule has 6 heteroatoms. The summed E-state index contributed by atoms with van der Waals surface area (Å²) in [5.74, 6) is 0.834. The van der Waals surface area contributed by atoms with Crippen LogP contribution in [0.3, 0.4) is 0 Å². The average molecular weight is 224 g/mol. The van der Waals surface area contributed by atoms with Crippen molar-refractivity contribution in [1.29, 1.82) is 0 Å². The number of alkyl halides is 3. The van der Waals surface area contributed by atoms with Crippen molar-refractivity contribution in [2.75, 3.05) is 5.75 Å². The van der Waals surface area contributed by atoms with E-state index in [-0.39, 0.29) is 5.92 Å². The molecule has 0 aromatic carbocycles. The van der Waals surface area contributed by atoms with E-state index in [1.54, 1.807) is 0 Å². The molecule has 0 aliphatic carbocycles. The third kappa shape index (κ3) is 2.94. The summed E-state index contributed by atoms with van der Waals surface area (Å²) in [6.45, 7) is 2.36. The molecule has 0 amide bonds. The molecule has 0 N–H and O–H groups in total. The summed E-state index contributed by atoms with van der Waals surface area (Å²) in [5, 5.41) is 3.43. The maximum Gasteiger partial charge on any atom is 0.435 e. The summed E-state index contributed by atoms with van der Waals surface area (Å²) in [6, 6.07) is 0.977. The highest BCUT2D eigenvalue weighted by atomic mass is 32.1. The van der Waals surface area contributed by atoms with E-state index >= 15 is 0 Å². The van der Waals surface area contributed by atoms with E-state index < -0.39 is 11.9 Å². The molecule has 0 aliphatic heterocycles. The van der Waals surface area contributed by atoms with Crippen LogP contribution in [0, 0.1) is 5.92 Å². The van der Waals surface area contributed by atoms with Gasteiger partial charge in [-0.2, -0.15) is 30.9 Å². The summed E-state index contributed by atoms with van der Waals surface area (Å²) in [7, 11) is 0. The lowest BCUT2D eigenvalue weighted by Crippen LogP contribution is -2.12. The van der Waals surface area contributed by atoms with Crippen LogP contribution in [0.15, 0.2) is 12.3 Å². The van der Waals surface area contributed by atoms with Crippen LogP contribution in [0.25, 0.3) is 0 Å². The zero-order chi connectivity index (χ0) is 10.8. The fourth-order valence-corrected chi connectivity index (χ4v) is 1.11. The second kappa shape index (κ2) is 4.25. The quantitative estimate of drug-likeness (QED) is 0.781. The topological polar surface area (TPSA) is 17.8 Å². The predicted molar refractivity (Wildman–Crippen MR) is 50.2 cm³/mol. The van der Waals surface area contributed by atoms with Crippen molar-refractivity contribution in [3.05, 3.63) is 18.0 Å². The number of halogens is 3. The standard InChI is InChI=1S/C8H11F3N2S/c1-6(5-14)4-13-3-2-7(12-13)8(9,10)11/h2-3,6,14H,4-5H2,1H3. The molecule has 0 aliphatic rings. The summed E-state index contributed by atoms with van der Waals surface area (Å²) in [6.07, 6.45) is -3.02. The van der Waals surface area contributed by atoms with Gasteiger partial charge in [0.2, 0.25) is 0 Å². The monoisotopic (exact) mass is 224 g/mol. The second-order valence-electron chi connectivity index (χ2n) is 3.21. The summed E-state index contributed by atoms with van der Waals surface area (Å²) >= 11 is 4.05. The molecule has 1 rings (SSSR count). The van der Waals surface area contributed by atoms with Gasteiger partial charge < -0.3 is 0 Å². The molecular weight excluding hydrogens is 213 g/mol. The molecule has 1 aromatic rings. The Bertz CT molecular complexity index is 295. The average Bonchev–Trinajstić information content (AvgIpc) is 2.51. The van der Waals surface area contributed by atoms with Crippen molar-refractivity contribution >= 4 is 12.6 Å². The molecule has 1 unspecified atom stereocenters. The first-order valence-corrected chi connectivity index (χ1v) is 4.78. The van der Waals surface area contributed by atoms with Gasteiger partial charge in [0.15, 0.2) is 5.69 Å². The van der Waals surface area contributed by atoms with E-state index in [0.717, 1.165) is 6.07 Å². The van der Waals surface area contributed by atoms with Gasteiger partial charge >= 0.3 is 6.18 Å². The van der Waals surface area contributed by atoms with E-state index in [1.165, 1.54) is 10.9 Å². The van der Waals surface area contributed by atoms with Gasteiger partial charge in [0.1, 0.15) is 0 Å². The Hall–Kier alpha value is -0.650. The van der Waals surface area contributed by atoms with Crippen LogP contribution < -0.4 is 0 Å². The van der Waals surface area contributed by atoms with Crippen molar-refractivity contribution in [3.63, 3.8) is 0 Å². The fourth-order valence-electron chi connectivity index (χ4n) is 0.992. The zero-order valence-corrected chi connectivity index (χ0v) is 8.52. The minimum Gasteiger partial charge on any atom is -0.272 e. The van der Waals surface area contributed by atoms with Crippen LogP contribution in [0.5, 0.6) is 0 Å². The predicted octanol–water partition coefficient (Wildman–Crippen LogP) is 2.47. The van der Waals surface area contributed by atoms with E-state index in [0.29, 0.717) is 12.3 Å². The van der Waals surface area contributed by atoms with Gasteiger partial charge in [0.05, 0.1) is 0 Å². The molecule has 14 heavy (non-hydrogen) atoms. The number of hydrogen-bond acceptors (Lipinski definition) is 2. The van der Waals surface area contributed by atoms with E-state index in [9.17, 15) is 13.2 Å². The molecule has 0 spiro atoms. The zero-order valence-electron chi connectivity index (χ0n) is 7.62. The molecule has 0 bridgehead atoms. The number of hydrogen-bond donors (Lipinski definition) is 1. The van der Waals surface area contributed by atoms with Gasteiger partial charge in [-0.1, -0.05) is 6.92 Å². The van der Waals surface area contributed by atoms with Crippen LogP contribution >= 0.6 is 12.6 Å². The lowest BCUT2D eigenvalue weighted by atomic mass is 10.2. The third-order valence-electron chi connectivity index (χ3n) is 1.74. The molecule has 80 valence electrons. The Morgan fingerprint density at radius 1 is 1.57 bits per heavy atom. The van der Waals surface area contributed by atoms with E-state index in [4.69, 9.17) is 0 Å². The number of aromatic nitrogens is 2. The van der Waals surface area contributed by atoms with Gasteiger partial charge in [0.25, 0.3) is 0 Å². The maximum atomic E-state index is 12.1. The first-order chi connectivity index (χ1) is 6.43. The maximum absolute atomic E-state index is 12.1. The largest absolute Gasteiger partial charge is 0.435 e. The molecule has 0 radical (unpaired) electrons. The molecule has 2 nitrogen and oxygen atoms in total. The first-order valence-electron chi connectivity index (χ1n) is 4.15. The number of thiol groups is 1. The van der Waals surface area contributed by atoms with Crippen LogP contribution in [0.4, 0.5) is 13.2 Å². The van der Waals surface area contributed by atoms with Crippen molar-refractivity contribution < 1.29 is 13.2 Å². The van der Waals surface area contributed by atoms with Crippen molar-refractivity contribution in [2.45, 2.75) is 19.6 Å². The molecule has 0 fully saturated rings. The molecule has 1 atom stereocenters. The Kier molecular flexibility index (Phi) is 3.47. The Balaban J connectivity index is 2.69.